The number of nitrogens with one attached hydrogen (secondary N) is 1. The van der Waals surface area contributed by atoms with Gasteiger partial charge < -0.3 is 0 Å². The molecule has 0 aliphatic rings. The largest absolute Gasteiger partial charge is 0.368 e. The Morgan fingerprint density at radius 1 is 1.40 bits per heavy atom. The number of tetrazole rings is 1. The first-order valence-electron chi connectivity index (χ1n) is 5.97. The van der Waals surface area contributed by atoms with Gasteiger partial charge in [-0.25, -0.2) is 10.3 Å². The van der Waals surface area contributed by atoms with Crippen LogP contribution in [0.5, 0.6) is 0 Å². The van der Waals surface area contributed by atoms with Crippen LogP contribution in [-0.4, -0.2) is 25.7 Å². The van der Waals surface area contributed by atoms with Gasteiger partial charge in [0.05, 0.1) is 5.69 Å². The first kappa shape index (κ1) is 13.9. The van der Waals surface area contributed by atoms with Gasteiger partial charge in [0, 0.05) is 19.5 Å². The summed E-state index contributed by atoms with van der Waals surface area (Å²) in [7, 11) is 1.52. The van der Waals surface area contributed by atoms with Crippen molar-refractivity contribution in [2.24, 2.45) is 7.05 Å². The van der Waals surface area contributed by atoms with Crippen molar-refractivity contribution in [1.29, 1.82) is 0 Å². The third-order valence-corrected chi connectivity index (χ3v) is 2.77. The fourth-order valence-electron chi connectivity index (χ4n) is 1.75. The molecular weight excluding hydrogens is 262 g/mol. The summed E-state index contributed by atoms with van der Waals surface area (Å²) in [5.74, 6) is -0.295. The monoisotopic (exact) mass is 277 g/mol. The van der Waals surface area contributed by atoms with Crippen LogP contribution >= 0.6 is 0 Å². The molecule has 1 heterocycles. The molecule has 0 fully saturated rings. The van der Waals surface area contributed by atoms with Crippen LogP contribution in [0.1, 0.15) is 18.1 Å². The summed E-state index contributed by atoms with van der Waals surface area (Å²) in [5.41, 5.74) is 4.15. The minimum Gasteiger partial charge on any atom is -0.273 e. The van der Waals surface area contributed by atoms with Crippen LogP contribution in [0.15, 0.2) is 23.0 Å². The predicted molar refractivity (Wildman–Crippen MR) is 69.9 cm³/mol. The molecule has 1 aromatic carbocycles. The normalized spacial score (nSPS) is 10.6. The Morgan fingerprint density at radius 3 is 2.75 bits per heavy atom. The van der Waals surface area contributed by atoms with Crippen molar-refractivity contribution >= 4 is 5.91 Å². The molecule has 8 heteroatoms. The lowest BCUT2D eigenvalue weighted by Gasteiger charge is -2.11. The van der Waals surface area contributed by atoms with Gasteiger partial charge in [0.1, 0.15) is 6.61 Å². The number of hydroxylamine groups is 1. The summed E-state index contributed by atoms with van der Waals surface area (Å²) in [6.07, 6.45) is 0. The van der Waals surface area contributed by atoms with Gasteiger partial charge in [-0.3, -0.25) is 9.63 Å². The van der Waals surface area contributed by atoms with Crippen molar-refractivity contribution in [3.8, 4) is 5.69 Å². The molecule has 0 aliphatic heterocycles. The Bertz CT molecular complexity index is 689. The zero-order chi connectivity index (χ0) is 14.7. The third kappa shape index (κ3) is 2.75. The Kier molecular flexibility index (Phi) is 3.94. The van der Waals surface area contributed by atoms with E-state index in [1.54, 1.807) is 6.07 Å². The van der Waals surface area contributed by atoms with Gasteiger partial charge in [-0.1, -0.05) is 12.1 Å². The Balaban J connectivity index is 2.38. The van der Waals surface area contributed by atoms with Crippen molar-refractivity contribution in [3.63, 3.8) is 0 Å². The molecule has 1 amide bonds. The van der Waals surface area contributed by atoms with Gasteiger partial charge in [-0.2, -0.15) is 9.36 Å². The second-order valence-electron chi connectivity index (χ2n) is 4.32. The van der Waals surface area contributed by atoms with Gasteiger partial charge in [-0.05, 0) is 29.0 Å². The van der Waals surface area contributed by atoms with Gasteiger partial charge in [0.2, 0.25) is 5.91 Å². The molecule has 106 valence electrons. The fourth-order valence-corrected chi connectivity index (χ4v) is 1.75. The van der Waals surface area contributed by atoms with Crippen molar-refractivity contribution < 1.29 is 9.63 Å². The molecule has 0 bridgehead atoms. The maximum absolute atomic E-state index is 11.9. The van der Waals surface area contributed by atoms with Crippen molar-refractivity contribution in [3.05, 3.63) is 39.8 Å². The van der Waals surface area contributed by atoms with E-state index < -0.39 is 0 Å². The first-order valence-corrected chi connectivity index (χ1v) is 5.97. The minimum absolute atomic E-state index is 0.130. The molecule has 0 atom stereocenters. The Labute approximate surface area is 114 Å². The number of aryl methyl sites for hydroxylation is 2. The average molecular weight is 277 g/mol. The lowest BCUT2D eigenvalue weighted by atomic mass is 10.1. The molecule has 0 saturated heterocycles. The van der Waals surface area contributed by atoms with E-state index in [4.69, 9.17) is 4.84 Å². The van der Waals surface area contributed by atoms with Crippen LogP contribution in [0.4, 0.5) is 0 Å². The van der Waals surface area contributed by atoms with Crippen LogP contribution in [0.25, 0.3) is 5.69 Å². The molecule has 0 radical (unpaired) electrons. The first-order chi connectivity index (χ1) is 9.50. The summed E-state index contributed by atoms with van der Waals surface area (Å²) < 4.78 is 2.33. The maximum atomic E-state index is 11.9. The third-order valence-electron chi connectivity index (χ3n) is 2.77. The standard InChI is InChI=1S/C12H15N5O3/c1-8-5-4-6-11(10(8)7-20-13-9(2)18)17-12(19)16(3)14-15-17/h4-6H,7H2,1-3H3,(H,13,18). The van der Waals surface area contributed by atoms with Crippen molar-refractivity contribution in [1.82, 2.24) is 25.3 Å². The van der Waals surface area contributed by atoms with E-state index in [9.17, 15) is 9.59 Å². The van der Waals surface area contributed by atoms with Crippen LogP contribution < -0.4 is 11.2 Å². The topological polar surface area (TPSA) is 91.0 Å². The quantitative estimate of drug-likeness (QED) is 0.784. The van der Waals surface area contributed by atoms with Gasteiger partial charge >= 0.3 is 5.69 Å². The van der Waals surface area contributed by atoms with E-state index in [1.165, 1.54) is 18.7 Å². The number of nitrogens with zero attached hydrogens (tertiary/aromatic N) is 4. The maximum Gasteiger partial charge on any atom is 0.368 e. The molecule has 20 heavy (non-hydrogen) atoms. The van der Waals surface area contributed by atoms with Crippen LogP contribution in [0.3, 0.4) is 0 Å². The number of hydrogen-bond acceptors (Lipinski definition) is 5. The predicted octanol–water partition coefficient (Wildman–Crippen LogP) is -0.158. The number of carbonyl (C=O) groups excluding carboxylic acids is 1. The van der Waals surface area contributed by atoms with E-state index in [-0.39, 0.29) is 18.2 Å². The molecule has 2 rings (SSSR count). The second-order valence-corrected chi connectivity index (χ2v) is 4.32. The minimum atomic E-state index is -0.351. The Hall–Kier alpha value is -2.48. The fraction of sp³-hybridized carbons (Fsp3) is 0.333. The van der Waals surface area contributed by atoms with Crippen LogP contribution in [0.2, 0.25) is 0 Å². The summed E-state index contributed by atoms with van der Waals surface area (Å²) in [6.45, 7) is 3.37. The number of benzene rings is 1. The van der Waals surface area contributed by atoms with Crippen LogP contribution in [-0.2, 0) is 23.3 Å². The highest BCUT2D eigenvalue weighted by Gasteiger charge is 2.13. The number of amides is 1. The van der Waals surface area contributed by atoms with Gasteiger partial charge in [0.15, 0.2) is 0 Å². The van der Waals surface area contributed by atoms with Crippen molar-refractivity contribution in [2.45, 2.75) is 20.5 Å². The summed E-state index contributed by atoms with van der Waals surface area (Å²) in [4.78, 5) is 27.8. The van der Waals surface area contributed by atoms with E-state index in [0.717, 1.165) is 15.8 Å². The highest BCUT2D eigenvalue weighted by atomic mass is 16.6. The zero-order valence-electron chi connectivity index (χ0n) is 11.5. The van der Waals surface area contributed by atoms with Gasteiger partial charge in [-0.15, -0.1) is 0 Å². The molecule has 0 aliphatic carbocycles. The summed E-state index contributed by atoms with van der Waals surface area (Å²) >= 11 is 0. The lowest BCUT2D eigenvalue weighted by Crippen LogP contribution is -2.24. The highest BCUT2D eigenvalue weighted by Crippen LogP contribution is 2.17. The lowest BCUT2D eigenvalue weighted by molar-refractivity contribution is -0.132. The summed E-state index contributed by atoms with van der Waals surface area (Å²) in [5, 5.41) is 7.48. The average Bonchev–Trinajstić information content (AvgIpc) is 2.72. The second kappa shape index (κ2) is 5.66. The Morgan fingerprint density at radius 2 is 2.15 bits per heavy atom. The van der Waals surface area contributed by atoms with E-state index in [2.05, 4.69) is 15.9 Å². The smallest absolute Gasteiger partial charge is 0.273 e. The van der Waals surface area contributed by atoms with Crippen LogP contribution in [0, 0.1) is 6.92 Å². The number of aromatic nitrogens is 4. The summed E-state index contributed by atoms with van der Waals surface area (Å²) in [6, 6.07) is 5.45. The molecular formula is C12H15N5O3. The number of hydrogen-bond donors (Lipinski definition) is 1. The molecule has 0 spiro atoms. The van der Waals surface area contributed by atoms with E-state index in [1.807, 2.05) is 19.1 Å². The molecule has 2 aromatic rings. The van der Waals surface area contributed by atoms with E-state index >= 15 is 0 Å². The SMILES string of the molecule is CC(=O)NOCc1c(C)cccc1-n1nnn(C)c1=O. The number of rotatable bonds is 4. The van der Waals surface area contributed by atoms with Crippen molar-refractivity contribution in [2.75, 3.05) is 0 Å². The van der Waals surface area contributed by atoms with Gasteiger partial charge in [0.25, 0.3) is 0 Å². The molecule has 1 N–H and O–H groups in total. The highest BCUT2D eigenvalue weighted by molar-refractivity contribution is 5.71. The van der Waals surface area contributed by atoms with E-state index in [0.29, 0.717) is 5.69 Å². The number of carbonyl (C=O) groups is 1. The molecule has 0 saturated carbocycles. The zero-order valence-corrected chi connectivity index (χ0v) is 11.5. The molecule has 1 aromatic heterocycles. The molecule has 0 unspecified atom stereocenters. The molecule has 8 nitrogen and oxygen atoms in total.